The summed E-state index contributed by atoms with van der Waals surface area (Å²) in [6.45, 7) is 9.86. The molecule has 0 bridgehead atoms. The second-order valence-corrected chi connectivity index (χ2v) is 10.4. The van der Waals surface area contributed by atoms with Crippen LogP contribution in [0.15, 0.2) is 67.1 Å². The van der Waals surface area contributed by atoms with Crippen LogP contribution < -0.4 is 0 Å². The van der Waals surface area contributed by atoms with Gasteiger partial charge in [0.05, 0.1) is 5.69 Å². The van der Waals surface area contributed by atoms with E-state index in [9.17, 15) is 10.2 Å². The van der Waals surface area contributed by atoms with E-state index >= 15 is 0 Å². The van der Waals surface area contributed by atoms with Gasteiger partial charge in [-0.05, 0) is 48.7 Å². The fourth-order valence-corrected chi connectivity index (χ4v) is 5.17. The third kappa shape index (κ3) is 4.62. The third-order valence-corrected chi connectivity index (χ3v) is 7.28. The Balaban J connectivity index is 1.76. The van der Waals surface area contributed by atoms with Crippen molar-refractivity contribution in [3.63, 3.8) is 0 Å². The van der Waals surface area contributed by atoms with Crippen LogP contribution in [0.3, 0.4) is 0 Å². The predicted molar refractivity (Wildman–Crippen MR) is 139 cm³/mol. The lowest BCUT2D eigenvalue weighted by Crippen LogP contribution is -2.63. The zero-order valence-electron chi connectivity index (χ0n) is 21.3. The highest BCUT2D eigenvalue weighted by atomic mass is 16.3. The predicted octanol–water partition coefficient (Wildman–Crippen LogP) is 4.44. The summed E-state index contributed by atoms with van der Waals surface area (Å²) >= 11 is 0. The maximum Gasteiger partial charge on any atom is 0.167 e. The van der Waals surface area contributed by atoms with Crippen LogP contribution in [0.1, 0.15) is 68.0 Å². The lowest BCUT2D eigenvalue weighted by atomic mass is 9.62. The van der Waals surface area contributed by atoms with Crippen molar-refractivity contribution in [1.82, 2.24) is 14.9 Å². The Kier molecular flexibility index (Phi) is 6.83. The van der Waals surface area contributed by atoms with Gasteiger partial charge in [-0.15, -0.1) is 0 Å². The minimum Gasteiger partial charge on any atom is -0.380 e. The maximum absolute atomic E-state index is 12.4. The Hall–Kier alpha value is -3.04. The Morgan fingerprint density at radius 2 is 1.77 bits per heavy atom. The van der Waals surface area contributed by atoms with Crippen LogP contribution in [0.2, 0.25) is 0 Å². The van der Waals surface area contributed by atoms with Crippen LogP contribution in [-0.2, 0) is 11.2 Å². The Labute approximate surface area is 208 Å². The third-order valence-electron chi connectivity index (χ3n) is 7.28. The van der Waals surface area contributed by atoms with Crippen molar-refractivity contribution in [2.24, 2.45) is 5.41 Å². The minimum absolute atomic E-state index is 0.382. The molecule has 0 radical (unpaired) electrons. The molecule has 3 heterocycles. The highest BCUT2D eigenvalue weighted by Crippen LogP contribution is 2.50. The van der Waals surface area contributed by atoms with Gasteiger partial charge in [-0.2, -0.15) is 0 Å². The van der Waals surface area contributed by atoms with Crippen LogP contribution in [0.25, 0.3) is 0 Å². The van der Waals surface area contributed by atoms with Crippen molar-refractivity contribution in [1.29, 1.82) is 0 Å². The number of nitrogens with zero attached hydrogens (tertiary/aromatic N) is 3. The summed E-state index contributed by atoms with van der Waals surface area (Å²) in [6.07, 6.45) is 5.46. The van der Waals surface area contributed by atoms with Gasteiger partial charge in [-0.1, -0.05) is 69.9 Å². The first kappa shape index (κ1) is 25.1. The van der Waals surface area contributed by atoms with Gasteiger partial charge in [0.25, 0.3) is 0 Å². The molecule has 35 heavy (non-hydrogen) atoms. The molecule has 1 saturated heterocycles. The van der Waals surface area contributed by atoms with E-state index in [2.05, 4.69) is 66.7 Å². The van der Waals surface area contributed by atoms with Crippen molar-refractivity contribution in [3.05, 3.63) is 95.1 Å². The normalized spacial score (nSPS) is 18.6. The zero-order chi connectivity index (χ0) is 25.3. The molecular formula is C30H35N3O2. The van der Waals surface area contributed by atoms with Crippen LogP contribution in [0.4, 0.5) is 0 Å². The standard InChI is InChI=1S/C30H35N3O2/c1-6-29(34,27-9-7-8-16-32-27)15-14-23-17-26(19-31-18-23)30(35,28(4)20-33(5)21-28)25-12-10-24(11-13-25)22(2)3/h7-13,16-19,22,34-35H,6,20-21H2,1-5H3. The van der Waals surface area contributed by atoms with E-state index in [4.69, 9.17) is 0 Å². The summed E-state index contributed by atoms with van der Waals surface area (Å²) in [7, 11) is 2.06. The molecule has 4 rings (SSSR count). The van der Waals surface area contributed by atoms with Gasteiger partial charge >= 0.3 is 0 Å². The summed E-state index contributed by atoms with van der Waals surface area (Å²) in [5.74, 6) is 6.51. The molecule has 2 N–H and O–H groups in total. The van der Waals surface area contributed by atoms with Crippen molar-refractivity contribution < 1.29 is 10.2 Å². The van der Waals surface area contributed by atoms with E-state index < -0.39 is 11.2 Å². The quantitative estimate of drug-likeness (QED) is 0.523. The highest BCUT2D eigenvalue weighted by Gasteiger charge is 2.55. The number of aromatic nitrogens is 2. The lowest BCUT2D eigenvalue weighted by Gasteiger charge is -2.55. The molecule has 2 aromatic heterocycles. The van der Waals surface area contributed by atoms with E-state index in [0.29, 0.717) is 29.2 Å². The number of benzene rings is 1. The Bertz CT molecular complexity index is 1220. The second kappa shape index (κ2) is 9.54. The van der Waals surface area contributed by atoms with Gasteiger partial charge in [0.1, 0.15) is 5.60 Å². The Morgan fingerprint density at radius 3 is 2.34 bits per heavy atom. The highest BCUT2D eigenvalue weighted by molar-refractivity contribution is 5.45. The number of hydrogen-bond donors (Lipinski definition) is 2. The van der Waals surface area contributed by atoms with Crippen molar-refractivity contribution in [2.75, 3.05) is 20.1 Å². The fourth-order valence-electron chi connectivity index (χ4n) is 5.17. The molecule has 3 aromatic rings. The largest absolute Gasteiger partial charge is 0.380 e. The van der Waals surface area contributed by atoms with Gasteiger partial charge in [0, 0.05) is 48.2 Å². The van der Waals surface area contributed by atoms with E-state index in [-0.39, 0.29) is 5.41 Å². The van der Waals surface area contributed by atoms with Gasteiger partial charge in [-0.3, -0.25) is 9.97 Å². The fraction of sp³-hybridized carbons (Fsp3) is 0.400. The molecule has 1 aliphatic rings. The molecule has 0 aliphatic carbocycles. The topological polar surface area (TPSA) is 69.5 Å². The van der Waals surface area contributed by atoms with Gasteiger partial charge in [0.15, 0.2) is 5.60 Å². The number of aliphatic hydroxyl groups is 2. The number of likely N-dealkylation sites (tertiary alicyclic amines) is 1. The van der Waals surface area contributed by atoms with Crippen molar-refractivity contribution >= 4 is 0 Å². The molecule has 182 valence electrons. The summed E-state index contributed by atoms with van der Waals surface area (Å²) in [5.41, 5.74) is 0.971. The molecule has 1 aromatic carbocycles. The molecule has 0 amide bonds. The zero-order valence-corrected chi connectivity index (χ0v) is 21.3. The summed E-state index contributed by atoms with van der Waals surface area (Å²) in [5, 5.41) is 23.5. The summed E-state index contributed by atoms with van der Waals surface area (Å²) < 4.78 is 0. The van der Waals surface area contributed by atoms with Crippen LogP contribution in [0.5, 0.6) is 0 Å². The summed E-state index contributed by atoms with van der Waals surface area (Å²) in [6, 6.07) is 15.6. The number of pyridine rings is 2. The smallest absolute Gasteiger partial charge is 0.167 e. The molecule has 2 unspecified atom stereocenters. The number of hydrogen-bond acceptors (Lipinski definition) is 5. The first-order valence-electron chi connectivity index (χ1n) is 12.3. The van der Waals surface area contributed by atoms with E-state index in [1.165, 1.54) is 5.56 Å². The molecule has 1 aliphatic heterocycles. The minimum atomic E-state index is -1.36. The molecular weight excluding hydrogens is 434 g/mol. The number of rotatable bonds is 6. The molecule has 2 atom stereocenters. The van der Waals surface area contributed by atoms with Crippen LogP contribution in [-0.4, -0.2) is 45.2 Å². The first-order valence-corrected chi connectivity index (χ1v) is 12.3. The average molecular weight is 470 g/mol. The molecule has 0 spiro atoms. The van der Waals surface area contributed by atoms with Crippen molar-refractivity contribution in [2.45, 2.75) is 51.2 Å². The Morgan fingerprint density at radius 1 is 1.06 bits per heavy atom. The van der Waals surface area contributed by atoms with Crippen LogP contribution in [0, 0.1) is 17.3 Å². The summed E-state index contributed by atoms with van der Waals surface area (Å²) in [4.78, 5) is 10.9. The van der Waals surface area contributed by atoms with E-state index in [0.717, 1.165) is 18.7 Å². The lowest BCUT2D eigenvalue weighted by molar-refractivity contribution is -0.127. The molecule has 5 heteroatoms. The first-order chi connectivity index (χ1) is 16.6. The monoisotopic (exact) mass is 469 g/mol. The van der Waals surface area contributed by atoms with Crippen molar-refractivity contribution in [3.8, 4) is 11.8 Å². The second-order valence-electron chi connectivity index (χ2n) is 10.4. The molecule has 0 saturated carbocycles. The molecule has 5 nitrogen and oxygen atoms in total. The van der Waals surface area contributed by atoms with Crippen LogP contribution >= 0.6 is 0 Å². The maximum atomic E-state index is 12.4. The van der Waals surface area contributed by atoms with Gasteiger partial charge in [-0.25, -0.2) is 0 Å². The van der Waals surface area contributed by atoms with Gasteiger partial charge in [0.2, 0.25) is 0 Å². The average Bonchev–Trinajstić information content (AvgIpc) is 2.86. The van der Waals surface area contributed by atoms with E-state index in [1.807, 2.05) is 37.3 Å². The van der Waals surface area contributed by atoms with Gasteiger partial charge < -0.3 is 15.1 Å². The molecule has 1 fully saturated rings. The SMILES string of the molecule is CCC(O)(C#Cc1cncc(C(O)(c2ccc(C(C)C)cc2)C2(C)CN(C)C2)c1)c1ccccn1. The van der Waals surface area contributed by atoms with E-state index in [1.54, 1.807) is 24.7 Å².